The molecule has 0 radical (unpaired) electrons. The van der Waals surface area contributed by atoms with Gasteiger partial charge in [-0.15, -0.1) is 0 Å². The number of esters is 1. The summed E-state index contributed by atoms with van der Waals surface area (Å²) in [4.78, 5) is 11.2. The number of carbonyl (C=O) groups excluding carboxylic acids is 1. The summed E-state index contributed by atoms with van der Waals surface area (Å²) in [5.74, 6) is -0.294. The quantitative estimate of drug-likeness (QED) is 0.720. The fourth-order valence-corrected chi connectivity index (χ4v) is 1.25. The maximum Gasteiger partial charge on any atom is 0.323 e. The van der Waals surface area contributed by atoms with Crippen LogP contribution in [0, 0.1) is 0 Å². The minimum absolute atomic E-state index is 0.150. The smallest absolute Gasteiger partial charge is 0.323 e. The first-order valence-electron chi connectivity index (χ1n) is 4.84. The van der Waals surface area contributed by atoms with Crippen molar-refractivity contribution in [1.29, 1.82) is 0 Å². The lowest BCUT2D eigenvalue weighted by Gasteiger charge is -2.11. The number of phenols is 1. The summed E-state index contributed by atoms with van der Waals surface area (Å²) in [5, 5.41) is 9.46. The number of hydrogen-bond acceptors (Lipinski definition) is 4. The van der Waals surface area contributed by atoms with Crippen LogP contribution in [0.4, 0.5) is 0 Å². The lowest BCUT2D eigenvalue weighted by molar-refractivity contribution is -0.144. The van der Waals surface area contributed by atoms with Gasteiger partial charge in [0.05, 0.1) is 6.61 Å². The molecule has 1 aromatic rings. The van der Waals surface area contributed by atoms with Gasteiger partial charge < -0.3 is 15.6 Å². The first-order valence-corrected chi connectivity index (χ1v) is 4.84. The number of benzene rings is 1. The van der Waals surface area contributed by atoms with Gasteiger partial charge in [-0.05, 0) is 18.6 Å². The van der Waals surface area contributed by atoms with Gasteiger partial charge in [-0.1, -0.05) is 18.2 Å². The molecule has 0 saturated carbocycles. The first kappa shape index (κ1) is 11.5. The van der Waals surface area contributed by atoms with Crippen LogP contribution in [0.3, 0.4) is 0 Å². The van der Waals surface area contributed by atoms with E-state index in [0.717, 1.165) is 0 Å². The Labute approximate surface area is 88.7 Å². The summed E-state index contributed by atoms with van der Waals surface area (Å²) in [6, 6.07) is 6.07. The highest BCUT2D eigenvalue weighted by Gasteiger charge is 2.16. The van der Waals surface area contributed by atoms with E-state index in [4.69, 9.17) is 10.5 Å². The van der Waals surface area contributed by atoms with Gasteiger partial charge in [-0.2, -0.15) is 0 Å². The van der Waals surface area contributed by atoms with Crippen LogP contribution >= 0.6 is 0 Å². The monoisotopic (exact) mass is 209 g/mol. The summed E-state index contributed by atoms with van der Waals surface area (Å²) in [6.45, 7) is 2.04. The summed E-state index contributed by atoms with van der Waals surface area (Å²) < 4.78 is 4.77. The number of hydrogen-bond donors (Lipinski definition) is 2. The second-order valence-electron chi connectivity index (χ2n) is 3.19. The Morgan fingerprint density at radius 1 is 1.53 bits per heavy atom. The summed E-state index contributed by atoms with van der Waals surface area (Å²) in [5.41, 5.74) is 6.27. The van der Waals surface area contributed by atoms with Crippen LogP contribution in [0.1, 0.15) is 12.5 Å². The molecule has 4 nitrogen and oxygen atoms in total. The third kappa shape index (κ3) is 3.25. The van der Waals surface area contributed by atoms with Crippen molar-refractivity contribution < 1.29 is 14.6 Å². The van der Waals surface area contributed by atoms with Crippen LogP contribution in [0.2, 0.25) is 0 Å². The van der Waals surface area contributed by atoms with Crippen molar-refractivity contribution in [2.75, 3.05) is 6.61 Å². The van der Waals surface area contributed by atoms with E-state index >= 15 is 0 Å². The van der Waals surface area contributed by atoms with Gasteiger partial charge in [0.2, 0.25) is 0 Å². The molecular weight excluding hydrogens is 194 g/mol. The highest BCUT2D eigenvalue weighted by Crippen LogP contribution is 2.17. The number of rotatable bonds is 4. The number of carbonyl (C=O) groups is 1. The van der Waals surface area contributed by atoms with E-state index in [1.165, 1.54) is 0 Å². The summed E-state index contributed by atoms with van der Waals surface area (Å²) in [7, 11) is 0. The van der Waals surface area contributed by atoms with Crippen molar-refractivity contribution in [3.05, 3.63) is 29.8 Å². The molecule has 4 heteroatoms. The number of nitrogens with two attached hydrogens (primary N) is 1. The molecule has 0 unspecified atom stereocenters. The van der Waals surface area contributed by atoms with Crippen LogP contribution in [-0.2, 0) is 16.0 Å². The van der Waals surface area contributed by atoms with Crippen LogP contribution in [0.25, 0.3) is 0 Å². The molecule has 0 aromatic heterocycles. The van der Waals surface area contributed by atoms with Crippen molar-refractivity contribution in [1.82, 2.24) is 0 Å². The van der Waals surface area contributed by atoms with Crippen molar-refractivity contribution in [2.24, 2.45) is 5.73 Å². The molecule has 0 bridgehead atoms. The molecule has 1 atom stereocenters. The van der Waals surface area contributed by atoms with Gasteiger partial charge in [0, 0.05) is 6.42 Å². The molecule has 0 amide bonds. The molecule has 0 aliphatic carbocycles. The number of para-hydroxylation sites is 1. The Morgan fingerprint density at radius 3 is 2.80 bits per heavy atom. The Balaban J connectivity index is 2.62. The molecule has 82 valence electrons. The predicted molar refractivity (Wildman–Crippen MR) is 56.4 cm³/mol. The Kier molecular flexibility index (Phi) is 4.12. The Morgan fingerprint density at radius 2 is 2.20 bits per heavy atom. The minimum Gasteiger partial charge on any atom is -0.508 e. The fraction of sp³-hybridized carbons (Fsp3) is 0.364. The summed E-state index contributed by atoms with van der Waals surface area (Å²) >= 11 is 0. The number of phenolic OH excluding ortho intramolecular Hbond substituents is 1. The molecule has 0 aliphatic heterocycles. The molecule has 0 aliphatic rings. The van der Waals surface area contributed by atoms with Crippen molar-refractivity contribution in [2.45, 2.75) is 19.4 Å². The Bertz CT molecular complexity index is 338. The van der Waals surface area contributed by atoms with E-state index in [-0.39, 0.29) is 12.2 Å². The number of aromatic hydroxyl groups is 1. The van der Waals surface area contributed by atoms with Crippen LogP contribution in [0.15, 0.2) is 24.3 Å². The van der Waals surface area contributed by atoms with Gasteiger partial charge >= 0.3 is 5.97 Å². The molecule has 15 heavy (non-hydrogen) atoms. The van der Waals surface area contributed by atoms with Gasteiger partial charge in [0.25, 0.3) is 0 Å². The maximum atomic E-state index is 11.2. The third-order valence-electron chi connectivity index (χ3n) is 2.02. The molecule has 0 spiro atoms. The molecule has 0 saturated heterocycles. The zero-order valence-corrected chi connectivity index (χ0v) is 8.64. The van der Waals surface area contributed by atoms with E-state index < -0.39 is 12.0 Å². The zero-order chi connectivity index (χ0) is 11.3. The molecule has 3 N–H and O–H groups in total. The summed E-state index contributed by atoms with van der Waals surface area (Å²) in [6.07, 6.45) is 0.283. The normalized spacial score (nSPS) is 12.1. The van der Waals surface area contributed by atoms with Crippen molar-refractivity contribution in [3.8, 4) is 5.75 Å². The average Bonchev–Trinajstić information content (AvgIpc) is 2.21. The zero-order valence-electron chi connectivity index (χ0n) is 8.64. The van der Waals surface area contributed by atoms with Crippen LogP contribution in [-0.4, -0.2) is 23.7 Å². The highest BCUT2D eigenvalue weighted by molar-refractivity contribution is 5.76. The lowest BCUT2D eigenvalue weighted by Crippen LogP contribution is -2.34. The van der Waals surface area contributed by atoms with E-state index in [1.807, 2.05) is 0 Å². The second kappa shape index (κ2) is 5.36. The molecule has 1 aromatic carbocycles. The predicted octanol–water partition coefficient (Wildman–Crippen LogP) is 0.825. The minimum atomic E-state index is -0.724. The largest absolute Gasteiger partial charge is 0.508 e. The van der Waals surface area contributed by atoms with Gasteiger partial charge in [0.1, 0.15) is 11.8 Å². The first-order chi connectivity index (χ1) is 7.15. The fourth-order valence-electron chi connectivity index (χ4n) is 1.25. The van der Waals surface area contributed by atoms with E-state index in [9.17, 15) is 9.90 Å². The second-order valence-corrected chi connectivity index (χ2v) is 3.19. The maximum absolute atomic E-state index is 11.2. The van der Waals surface area contributed by atoms with Gasteiger partial charge in [-0.25, -0.2) is 0 Å². The van der Waals surface area contributed by atoms with E-state index in [2.05, 4.69) is 0 Å². The standard InChI is InChI=1S/C11H15NO3/c1-2-15-11(14)9(12)7-8-5-3-4-6-10(8)13/h3-6,9,13H,2,7,12H2,1H3/t9-/m1/s1. The SMILES string of the molecule is CCOC(=O)[C@H](N)Cc1ccccc1O. The van der Waals surface area contributed by atoms with Crippen molar-refractivity contribution >= 4 is 5.97 Å². The third-order valence-corrected chi connectivity index (χ3v) is 2.02. The molecule has 0 fully saturated rings. The lowest BCUT2D eigenvalue weighted by atomic mass is 10.1. The molecule has 1 rings (SSSR count). The van der Waals surface area contributed by atoms with Gasteiger partial charge in [-0.3, -0.25) is 4.79 Å². The Hall–Kier alpha value is -1.55. The van der Waals surface area contributed by atoms with E-state index in [0.29, 0.717) is 12.2 Å². The van der Waals surface area contributed by atoms with E-state index in [1.54, 1.807) is 31.2 Å². The highest BCUT2D eigenvalue weighted by atomic mass is 16.5. The van der Waals surface area contributed by atoms with Crippen LogP contribution < -0.4 is 5.73 Å². The van der Waals surface area contributed by atoms with Crippen LogP contribution in [0.5, 0.6) is 5.75 Å². The molecular formula is C11H15NO3. The molecule has 0 heterocycles. The topological polar surface area (TPSA) is 72.5 Å². The van der Waals surface area contributed by atoms with Gasteiger partial charge in [0.15, 0.2) is 0 Å². The number of ether oxygens (including phenoxy) is 1. The van der Waals surface area contributed by atoms with Crippen molar-refractivity contribution in [3.63, 3.8) is 0 Å². The average molecular weight is 209 g/mol.